The Morgan fingerprint density at radius 3 is 2.78 bits per heavy atom. The summed E-state index contributed by atoms with van der Waals surface area (Å²) >= 11 is 3.13. The lowest BCUT2D eigenvalue weighted by atomic mass is 10.1. The highest BCUT2D eigenvalue weighted by Gasteiger charge is 2.30. The lowest BCUT2D eigenvalue weighted by molar-refractivity contribution is -0.385. The summed E-state index contributed by atoms with van der Waals surface area (Å²) in [6.07, 6.45) is 5.63. The largest absolute Gasteiger partial charge is 0.311 e. The van der Waals surface area contributed by atoms with E-state index >= 15 is 0 Å². The minimum atomic E-state index is -0.482. The Kier molecular flexibility index (Phi) is 3.34. The molecule has 1 fully saturated rings. The molecule has 5 nitrogen and oxygen atoms in total. The summed E-state index contributed by atoms with van der Waals surface area (Å²) in [6, 6.07) is 4.49. The van der Waals surface area contributed by atoms with Crippen molar-refractivity contribution in [2.24, 2.45) is 5.92 Å². The normalized spacial score (nSPS) is 18.8. The fourth-order valence-electron chi connectivity index (χ4n) is 1.88. The number of anilines is 1. The Morgan fingerprint density at radius 1 is 1.56 bits per heavy atom. The maximum absolute atomic E-state index is 11.8. The summed E-state index contributed by atoms with van der Waals surface area (Å²) in [5.74, 6) is 2.41. The second kappa shape index (κ2) is 4.78. The van der Waals surface area contributed by atoms with Gasteiger partial charge in [-0.2, -0.15) is 0 Å². The van der Waals surface area contributed by atoms with Crippen LogP contribution in [0.5, 0.6) is 0 Å². The molecule has 1 aliphatic heterocycles. The molecule has 1 saturated heterocycles. The molecule has 0 aromatic heterocycles. The number of amides is 1. The third kappa shape index (κ3) is 2.22. The van der Waals surface area contributed by atoms with Crippen LogP contribution < -0.4 is 4.90 Å². The molecule has 0 radical (unpaired) electrons. The first-order chi connectivity index (χ1) is 8.52. The zero-order valence-electron chi connectivity index (χ0n) is 9.30. The summed E-state index contributed by atoms with van der Waals surface area (Å²) < 4.78 is 0.349. The molecular weight excluding hydrogens is 300 g/mol. The summed E-state index contributed by atoms with van der Waals surface area (Å²) in [4.78, 5) is 23.5. The number of nitrogens with zero attached hydrogens (tertiary/aromatic N) is 2. The molecule has 1 aliphatic rings. The molecule has 1 atom stereocenters. The van der Waals surface area contributed by atoms with E-state index in [4.69, 9.17) is 6.42 Å². The van der Waals surface area contributed by atoms with Gasteiger partial charge in [-0.3, -0.25) is 14.9 Å². The highest BCUT2D eigenvalue weighted by molar-refractivity contribution is 9.10. The first-order valence-corrected chi connectivity index (χ1v) is 6.02. The number of halogens is 1. The van der Waals surface area contributed by atoms with Gasteiger partial charge in [0.05, 0.1) is 9.40 Å². The predicted octanol–water partition coefficient (Wildman–Crippen LogP) is 2.34. The van der Waals surface area contributed by atoms with Crippen molar-refractivity contribution < 1.29 is 9.72 Å². The summed E-state index contributed by atoms with van der Waals surface area (Å²) in [6.45, 7) is 0.458. The molecular formula is C12H9BrN2O3. The van der Waals surface area contributed by atoms with E-state index in [1.165, 1.54) is 6.07 Å². The second-order valence-electron chi connectivity index (χ2n) is 3.96. The van der Waals surface area contributed by atoms with Crippen LogP contribution in [0.3, 0.4) is 0 Å². The fraction of sp³-hybridized carbons (Fsp3) is 0.250. The first kappa shape index (κ1) is 12.6. The zero-order chi connectivity index (χ0) is 13.3. The van der Waals surface area contributed by atoms with Gasteiger partial charge in [0.1, 0.15) is 0 Å². The van der Waals surface area contributed by atoms with Crippen molar-refractivity contribution in [1.29, 1.82) is 0 Å². The number of nitro groups is 1. The lowest BCUT2D eigenvalue weighted by Gasteiger charge is -2.16. The molecule has 0 spiro atoms. The van der Waals surface area contributed by atoms with E-state index < -0.39 is 4.92 Å². The van der Waals surface area contributed by atoms with Crippen LogP contribution in [0.15, 0.2) is 22.7 Å². The second-order valence-corrected chi connectivity index (χ2v) is 4.82. The number of nitro benzene ring substituents is 1. The number of hydrogen-bond acceptors (Lipinski definition) is 3. The zero-order valence-corrected chi connectivity index (χ0v) is 10.9. The molecule has 0 aliphatic carbocycles. The van der Waals surface area contributed by atoms with Gasteiger partial charge in [-0.05, 0) is 28.1 Å². The van der Waals surface area contributed by atoms with Gasteiger partial charge >= 0.3 is 0 Å². The minimum absolute atomic E-state index is 0.0288. The molecule has 6 heteroatoms. The van der Waals surface area contributed by atoms with Gasteiger partial charge in [0.15, 0.2) is 0 Å². The number of carbonyl (C=O) groups is 1. The van der Waals surface area contributed by atoms with Crippen LogP contribution in [0.4, 0.5) is 11.4 Å². The highest BCUT2D eigenvalue weighted by atomic mass is 79.9. The van der Waals surface area contributed by atoms with Gasteiger partial charge in [-0.1, -0.05) is 0 Å². The summed E-state index contributed by atoms with van der Waals surface area (Å²) in [5.41, 5.74) is 0.592. The lowest BCUT2D eigenvalue weighted by Crippen LogP contribution is -2.24. The third-order valence-electron chi connectivity index (χ3n) is 2.80. The van der Waals surface area contributed by atoms with E-state index in [0.29, 0.717) is 23.1 Å². The van der Waals surface area contributed by atoms with E-state index in [2.05, 4.69) is 21.9 Å². The topological polar surface area (TPSA) is 63.5 Å². The molecule has 0 saturated carbocycles. The van der Waals surface area contributed by atoms with Crippen LogP contribution in [0.2, 0.25) is 0 Å². The molecule has 18 heavy (non-hydrogen) atoms. The van der Waals surface area contributed by atoms with Crippen molar-refractivity contribution in [3.05, 3.63) is 32.8 Å². The number of terminal acetylenes is 1. The average molecular weight is 309 g/mol. The summed E-state index contributed by atoms with van der Waals surface area (Å²) in [7, 11) is 0. The Balaban J connectivity index is 2.31. The Hall–Kier alpha value is -1.87. The van der Waals surface area contributed by atoms with Gasteiger partial charge in [0.25, 0.3) is 5.69 Å². The third-order valence-corrected chi connectivity index (χ3v) is 3.44. The summed E-state index contributed by atoms with van der Waals surface area (Å²) in [5, 5.41) is 10.7. The molecule has 92 valence electrons. The maximum atomic E-state index is 11.8. The van der Waals surface area contributed by atoms with Crippen LogP contribution in [0, 0.1) is 28.4 Å². The van der Waals surface area contributed by atoms with Gasteiger partial charge < -0.3 is 4.90 Å². The van der Waals surface area contributed by atoms with Crippen molar-refractivity contribution >= 4 is 33.2 Å². The smallest absolute Gasteiger partial charge is 0.283 e. The van der Waals surface area contributed by atoms with Crippen molar-refractivity contribution in [3.8, 4) is 12.3 Å². The molecule has 2 rings (SSSR count). The first-order valence-electron chi connectivity index (χ1n) is 5.23. The standard InChI is InChI=1S/C12H9BrN2O3/c1-2-8-5-12(16)14(7-8)9-3-4-11(15(17)18)10(13)6-9/h1,3-4,6,8H,5,7H2. The van der Waals surface area contributed by atoms with E-state index in [1.54, 1.807) is 17.0 Å². The molecule has 1 unspecified atom stereocenters. The van der Waals surface area contributed by atoms with Crippen molar-refractivity contribution in [2.45, 2.75) is 6.42 Å². The molecule has 1 aromatic rings. The number of rotatable bonds is 2. The Bertz CT molecular complexity index is 565. The maximum Gasteiger partial charge on any atom is 0.283 e. The van der Waals surface area contributed by atoms with Crippen LogP contribution in [0.25, 0.3) is 0 Å². The van der Waals surface area contributed by atoms with Gasteiger partial charge in [-0.15, -0.1) is 12.3 Å². The number of benzene rings is 1. The van der Waals surface area contributed by atoms with Crippen molar-refractivity contribution in [2.75, 3.05) is 11.4 Å². The molecule has 0 bridgehead atoms. The van der Waals surface area contributed by atoms with Gasteiger partial charge in [0.2, 0.25) is 5.91 Å². The Labute approximate surface area is 112 Å². The van der Waals surface area contributed by atoms with E-state index in [1.807, 2.05) is 0 Å². The van der Waals surface area contributed by atoms with E-state index in [0.717, 1.165) is 0 Å². The number of hydrogen-bond donors (Lipinski definition) is 0. The monoisotopic (exact) mass is 308 g/mol. The van der Waals surface area contributed by atoms with Crippen LogP contribution in [-0.4, -0.2) is 17.4 Å². The molecule has 1 aromatic carbocycles. The average Bonchev–Trinajstić information content (AvgIpc) is 2.70. The van der Waals surface area contributed by atoms with Crippen LogP contribution in [0.1, 0.15) is 6.42 Å². The van der Waals surface area contributed by atoms with Gasteiger partial charge in [0, 0.05) is 30.6 Å². The Morgan fingerprint density at radius 2 is 2.28 bits per heavy atom. The minimum Gasteiger partial charge on any atom is -0.311 e. The quantitative estimate of drug-likeness (QED) is 0.478. The van der Waals surface area contributed by atoms with Crippen molar-refractivity contribution in [3.63, 3.8) is 0 Å². The van der Waals surface area contributed by atoms with E-state index in [-0.39, 0.29) is 17.5 Å². The SMILES string of the molecule is C#CC1CC(=O)N(c2ccc([N+](=O)[O-])c(Br)c2)C1. The molecule has 1 amide bonds. The van der Waals surface area contributed by atoms with Crippen molar-refractivity contribution in [1.82, 2.24) is 0 Å². The highest BCUT2D eigenvalue weighted by Crippen LogP contribution is 2.32. The fourth-order valence-corrected chi connectivity index (χ4v) is 2.39. The van der Waals surface area contributed by atoms with Crippen LogP contribution >= 0.6 is 15.9 Å². The van der Waals surface area contributed by atoms with Crippen LogP contribution in [-0.2, 0) is 4.79 Å². The number of carbonyl (C=O) groups excluding carboxylic acids is 1. The predicted molar refractivity (Wildman–Crippen MR) is 70.1 cm³/mol. The molecule has 1 heterocycles. The molecule has 0 N–H and O–H groups in total. The van der Waals surface area contributed by atoms with E-state index in [9.17, 15) is 14.9 Å². The van der Waals surface area contributed by atoms with Gasteiger partial charge in [-0.25, -0.2) is 0 Å².